The summed E-state index contributed by atoms with van der Waals surface area (Å²) in [4.78, 5) is 25.9. The number of nitrogens with zero attached hydrogens (tertiary/aromatic N) is 2. The number of nitrogens with one attached hydrogen (secondary N) is 2. The van der Waals surface area contributed by atoms with E-state index in [1.807, 2.05) is 0 Å². The maximum atomic E-state index is 12.5. The minimum Gasteiger partial charge on any atom is -0.481 e. The van der Waals surface area contributed by atoms with Gasteiger partial charge in [0.1, 0.15) is 0 Å². The summed E-state index contributed by atoms with van der Waals surface area (Å²) in [6, 6.07) is 4.96. The fourth-order valence-electron chi connectivity index (χ4n) is 3.98. The molecular weight excluding hydrogens is 429 g/mol. The molecule has 2 aromatic rings. The van der Waals surface area contributed by atoms with Crippen molar-refractivity contribution in [1.29, 1.82) is 0 Å². The fraction of sp³-hybridized carbons (Fsp3) is 0.524. The Hall–Kier alpha value is -2.95. The normalized spacial score (nSPS) is 20.8. The van der Waals surface area contributed by atoms with E-state index in [9.17, 15) is 22.8 Å². The molecule has 1 amide bonds. The van der Waals surface area contributed by atoms with Gasteiger partial charge in [-0.1, -0.05) is 23.7 Å². The number of hydrogen-bond acceptors (Lipinski definition) is 6. The van der Waals surface area contributed by atoms with Crippen molar-refractivity contribution in [3.63, 3.8) is 0 Å². The lowest BCUT2D eigenvalue weighted by molar-refractivity contribution is -0.159. The Balaban J connectivity index is 0.000000297. The molecule has 0 radical (unpaired) electrons. The maximum absolute atomic E-state index is 12.5. The van der Waals surface area contributed by atoms with Gasteiger partial charge in [-0.25, -0.2) is 0 Å². The molecule has 3 N–H and O–H groups in total. The maximum Gasteiger partial charge on any atom is 0.471 e. The van der Waals surface area contributed by atoms with E-state index in [0.29, 0.717) is 0 Å². The highest BCUT2D eigenvalue weighted by Crippen LogP contribution is 2.33. The van der Waals surface area contributed by atoms with Gasteiger partial charge in [0, 0.05) is 17.2 Å². The van der Waals surface area contributed by atoms with Crippen molar-refractivity contribution in [2.45, 2.75) is 44.8 Å². The number of aliphatic carboxylic acids is 1. The standard InChI is InChI=1S/C14H12F3N3O4.C7H13N/c1-7(5-10(21)22)18-12(23)9-4-2-3-8(6-9)11-19-13(24-20-11)14(15,16)17;1-2-6-4-8-5-7(6)3-1/h2-4,6-7H,5H2,1H3,(H,18,23)(H,21,22);6-8H,1-5H2/t7-;/m1./s1. The van der Waals surface area contributed by atoms with Gasteiger partial charge in [-0.3, -0.25) is 9.59 Å². The minimum absolute atomic E-state index is 0.128. The number of carbonyl (C=O) groups is 2. The van der Waals surface area contributed by atoms with Crippen molar-refractivity contribution < 1.29 is 32.4 Å². The lowest BCUT2D eigenvalue weighted by Crippen LogP contribution is -2.34. The minimum atomic E-state index is -4.76. The first-order chi connectivity index (χ1) is 15.1. The molecule has 4 rings (SSSR count). The Kier molecular flexibility index (Phi) is 7.49. The highest BCUT2D eigenvalue weighted by atomic mass is 19.4. The summed E-state index contributed by atoms with van der Waals surface area (Å²) in [5.41, 5.74) is 0.288. The van der Waals surface area contributed by atoms with Crippen LogP contribution < -0.4 is 10.6 Å². The molecule has 0 bridgehead atoms. The van der Waals surface area contributed by atoms with E-state index < -0.39 is 30.0 Å². The molecule has 174 valence electrons. The molecule has 1 aliphatic heterocycles. The lowest BCUT2D eigenvalue weighted by atomic mass is 10.0. The number of rotatable bonds is 5. The number of alkyl halides is 3. The average Bonchev–Trinajstić information content (AvgIpc) is 3.44. The summed E-state index contributed by atoms with van der Waals surface area (Å²) >= 11 is 0. The smallest absolute Gasteiger partial charge is 0.471 e. The third kappa shape index (κ3) is 6.28. The van der Waals surface area contributed by atoms with Crippen molar-refractivity contribution in [2.24, 2.45) is 11.8 Å². The number of carboxylic acid groups (broad SMARTS) is 1. The number of aromatic nitrogens is 2. The van der Waals surface area contributed by atoms with Crippen LogP contribution in [0.1, 0.15) is 48.9 Å². The second-order valence-electron chi connectivity index (χ2n) is 8.08. The molecule has 8 nitrogen and oxygen atoms in total. The Bertz CT molecular complexity index is 927. The van der Waals surface area contributed by atoms with Crippen LogP contribution in [0.4, 0.5) is 13.2 Å². The van der Waals surface area contributed by atoms with E-state index in [-0.39, 0.29) is 23.4 Å². The van der Waals surface area contributed by atoms with E-state index >= 15 is 0 Å². The molecule has 1 saturated carbocycles. The molecule has 3 atom stereocenters. The fourth-order valence-corrected chi connectivity index (χ4v) is 3.98. The van der Waals surface area contributed by atoms with Gasteiger partial charge in [-0.2, -0.15) is 18.2 Å². The number of benzene rings is 1. The molecule has 2 heterocycles. The zero-order valence-electron chi connectivity index (χ0n) is 17.5. The molecule has 2 unspecified atom stereocenters. The zero-order valence-corrected chi connectivity index (χ0v) is 17.5. The van der Waals surface area contributed by atoms with Crippen LogP contribution in [0.5, 0.6) is 0 Å². The number of carbonyl (C=O) groups excluding carboxylic acids is 1. The molecule has 1 aliphatic carbocycles. The summed E-state index contributed by atoms with van der Waals surface area (Å²) in [7, 11) is 0. The number of fused-ring (bicyclic) bond motifs is 1. The largest absolute Gasteiger partial charge is 0.481 e. The molecule has 1 aromatic heterocycles. The average molecular weight is 454 g/mol. The number of amides is 1. The zero-order chi connectivity index (χ0) is 23.3. The van der Waals surface area contributed by atoms with Crippen molar-refractivity contribution in [2.75, 3.05) is 13.1 Å². The molecular formula is C21H25F3N4O4. The van der Waals surface area contributed by atoms with Gasteiger partial charge >= 0.3 is 18.0 Å². The van der Waals surface area contributed by atoms with Crippen LogP contribution in [0.15, 0.2) is 28.8 Å². The van der Waals surface area contributed by atoms with E-state index in [2.05, 4.69) is 25.3 Å². The van der Waals surface area contributed by atoms with Crippen molar-refractivity contribution in [3.05, 3.63) is 35.7 Å². The SMILES string of the molecule is C1CC2CNCC2C1.C[C@H](CC(=O)O)NC(=O)c1cccc(-c2noc(C(F)(F)F)n2)c1. The Morgan fingerprint density at radius 1 is 1.28 bits per heavy atom. The van der Waals surface area contributed by atoms with E-state index in [1.165, 1.54) is 63.5 Å². The van der Waals surface area contributed by atoms with Crippen LogP contribution in [-0.2, 0) is 11.0 Å². The summed E-state index contributed by atoms with van der Waals surface area (Å²) in [6.45, 7) is 4.14. The quantitative estimate of drug-likeness (QED) is 0.634. The van der Waals surface area contributed by atoms with Crippen LogP contribution in [0.25, 0.3) is 11.4 Å². The summed E-state index contributed by atoms with van der Waals surface area (Å²) in [5, 5.41) is 17.8. The van der Waals surface area contributed by atoms with Gasteiger partial charge in [0.25, 0.3) is 5.91 Å². The van der Waals surface area contributed by atoms with Gasteiger partial charge in [0.2, 0.25) is 5.82 Å². The highest BCUT2D eigenvalue weighted by molar-refractivity contribution is 5.95. The molecule has 2 aliphatic rings. The van der Waals surface area contributed by atoms with Crippen LogP contribution in [0.3, 0.4) is 0 Å². The predicted octanol–water partition coefficient (Wildman–Crippen LogP) is 3.35. The second-order valence-corrected chi connectivity index (χ2v) is 8.08. The van der Waals surface area contributed by atoms with E-state index in [0.717, 1.165) is 11.8 Å². The molecule has 2 fully saturated rings. The number of hydrogen-bond donors (Lipinski definition) is 3. The van der Waals surface area contributed by atoms with Gasteiger partial charge in [-0.05, 0) is 56.8 Å². The summed E-state index contributed by atoms with van der Waals surface area (Å²) in [6.07, 6.45) is -0.524. The third-order valence-corrected chi connectivity index (χ3v) is 5.54. The monoisotopic (exact) mass is 454 g/mol. The second kappa shape index (κ2) is 10.1. The number of carboxylic acids is 1. The molecule has 0 spiro atoms. The van der Waals surface area contributed by atoms with Gasteiger partial charge in [0.15, 0.2) is 0 Å². The molecule has 11 heteroatoms. The number of halogens is 3. The van der Waals surface area contributed by atoms with Crippen molar-refractivity contribution >= 4 is 11.9 Å². The Morgan fingerprint density at radius 2 is 1.97 bits per heavy atom. The van der Waals surface area contributed by atoms with Crippen molar-refractivity contribution in [3.8, 4) is 11.4 Å². The van der Waals surface area contributed by atoms with Crippen LogP contribution in [0.2, 0.25) is 0 Å². The van der Waals surface area contributed by atoms with E-state index in [1.54, 1.807) is 0 Å². The first-order valence-corrected chi connectivity index (χ1v) is 10.4. The summed E-state index contributed by atoms with van der Waals surface area (Å²) in [5.74, 6) is -1.30. The highest BCUT2D eigenvalue weighted by Gasteiger charge is 2.38. The van der Waals surface area contributed by atoms with Crippen LogP contribution in [-0.4, -0.2) is 46.3 Å². The Labute approximate surface area is 182 Å². The Morgan fingerprint density at radius 3 is 2.56 bits per heavy atom. The summed E-state index contributed by atoms with van der Waals surface area (Å²) < 4.78 is 41.5. The third-order valence-electron chi connectivity index (χ3n) is 5.54. The first-order valence-electron chi connectivity index (χ1n) is 10.4. The van der Waals surface area contributed by atoms with Crippen molar-refractivity contribution in [1.82, 2.24) is 20.8 Å². The van der Waals surface area contributed by atoms with Crippen LogP contribution >= 0.6 is 0 Å². The topological polar surface area (TPSA) is 117 Å². The molecule has 1 saturated heterocycles. The van der Waals surface area contributed by atoms with Gasteiger partial charge in [0.05, 0.1) is 6.42 Å². The molecule has 1 aromatic carbocycles. The van der Waals surface area contributed by atoms with Gasteiger partial charge < -0.3 is 20.3 Å². The van der Waals surface area contributed by atoms with E-state index in [4.69, 9.17) is 5.11 Å². The van der Waals surface area contributed by atoms with Crippen LogP contribution in [0, 0.1) is 11.8 Å². The van der Waals surface area contributed by atoms with Gasteiger partial charge in [-0.15, -0.1) is 0 Å². The lowest BCUT2D eigenvalue weighted by Gasteiger charge is -2.11. The molecule has 32 heavy (non-hydrogen) atoms. The first kappa shape index (κ1) is 23.7. The predicted molar refractivity (Wildman–Crippen MR) is 108 cm³/mol.